The number of thiophene rings is 1. The standard InChI is InChI=1S/C18H22N2O3S/c19-18(21)17-16(23-9-6-14-4-2-1-3-5-14)12-15(24-17)13-20-7-10-22-11-8-20/h1-5,12H,6-11,13H2,(H2,19,21). The second kappa shape index (κ2) is 8.28. The molecule has 128 valence electrons. The van der Waals surface area contributed by atoms with Crippen molar-refractivity contribution in [2.24, 2.45) is 5.73 Å². The minimum absolute atomic E-state index is 0.428. The summed E-state index contributed by atoms with van der Waals surface area (Å²) >= 11 is 1.43. The molecule has 0 aliphatic carbocycles. The van der Waals surface area contributed by atoms with Crippen LogP contribution in [0.15, 0.2) is 36.4 Å². The zero-order valence-electron chi connectivity index (χ0n) is 13.6. The molecular formula is C18H22N2O3S. The van der Waals surface area contributed by atoms with Crippen LogP contribution in [0.2, 0.25) is 0 Å². The second-order valence-electron chi connectivity index (χ2n) is 5.74. The normalized spacial score (nSPS) is 15.3. The molecule has 0 bridgehead atoms. The van der Waals surface area contributed by atoms with Crippen LogP contribution in [0.1, 0.15) is 20.1 Å². The Bertz CT molecular complexity index is 666. The van der Waals surface area contributed by atoms with Crippen molar-refractivity contribution in [3.8, 4) is 5.75 Å². The van der Waals surface area contributed by atoms with Crippen molar-refractivity contribution in [3.05, 3.63) is 51.7 Å². The third-order valence-corrected chi connectivity index (χ3v) is 5.06. The van der Waals surface area contributed by atoms with E-state index < -0.39 is 5.91 Å². The Balaban J connectivity index is 1.61. The molecule has 2 heterocycles. The van der Waals surface area contributed by atoms with Crippen LogP contribution >= 0.6 is 11.3 Å². The minimum atomic E-state index is -0.428. The van der Waals surface area contributed by atoms with Crippen molar-refractivity contribution in [1.29, 1.82) is 0 Å². The molecule has 5 nitrogen and oxygen atoms in total. The van der Waals surface area contributed by atoms with Gasteiger partial charge in [0.2, 0.25) is 0 Å². The maximum Gasteiger partial charge on any atom is 0.262 e. The number of primary amides is 1. The van der Waals surface area contributed by atoms with Gasteiger partial charge in [0.15, 0.2) is 0 Å². The van der Waals surface area contributed by atoms with Crippen molar-refractivity contribution < 1.29 is 14.3 Å². The van der Waals surface area contributed by atoms with Crippen molar-refractivity contribution in [2.45, 2.75) is 13.0 Å². The van der Waals surface area contributed by atoms with E-state index in [9.17, 15) is 4.79 Å². The van der Waals surface area contributed by atoms with E-state index in [1.54, 1.807) is 0 Å². The molecule has 1 aliphatic heterocycles. The van der Waals surface area contributed by atoms with Crippen LogP contribution in [0.3, 0.4) is 0 Å². The van der Waals surface area contributed by atoms with Gasteiger partial charge in [0.25, 0.3) is 5.91 Å². The van der Waals surface area contributed by atoms with Crippen LogP contribution in [0.25, 0.3) is 0 Å². The zero-order valence-corrected chi connectivity index (χ0v) is 14.4. The van der Waals surface area contributed by atoms with Gasteiger partial charge in [0.1, 0.15) is 10.6 Å². The summed E-state index contributed by atoms with van der Waals surface area (Å²) in [6, 6.07) is 12.1. The molecule has 24 heavy (non-hydrogen) atoms. The van der Waals surface area contributed by atoms with Gasteiger partial charge in [-0.25, -0.2) is 0 Å². The van der Waals surface area contributed by atoms with Gasteiger partial charge in [0, 0.05) is 30.9 Å². The molecule has 0 saturated carbocycles. The van der Waals surface area contributed by atoms with E-state index in [1.807, 2.05) is 24.3 Å². The van der Waals surface area contributed by atoms with Gasteiger partial charge in [-0.2, -0.15) is 0 Å². The number of hydrogen-bond donors (Lipinski definition) is 1. The number of ether oxygens (including phenoxy) is 2. The average molecular weight is 346 g/mol. The lowest BCUT2D eigenvalue weighted by molar-refractivity contribution is 0.0346. The maximum atomic E-state index is 11.7. The monoisotopic (exact) mass is 346 g/mol. The highest BCUT2D eigenvalue weighted by molar-refractivity contribution is 7.14. The van der Waals surface area contributed by atoms with E-state index >= 15 is 0 Å². The summed E-state index contributed by atoms with van der Waals surface area (Å²) in [4.78, 5) is 15.6. The zero-order chi connectivity index (χ0) is 16.8. The predicted molar refractivity (Wildman–Crippen MR) is 94.6 cm³/mol. The number of benzene rings is 1. The first kappa shape index (κ1) is 17.0. The number of hydrogen-bond acceptors (Lipinski definition) is 5. The van der Waals surface area contributed by atoms with Crippen LogP contribution in [0.4, 0.5) is 0 Å². The largest absolute Gasteiger partial charge is 0.492 e. The Hall–Kier alpha value is -1.89. The minimum Gasteiger partial charge on any atom is -0.492 e. The fourth-order valence-corrected chi connectivity index (χ4v) is 3.68. The molecule has 1 amide bonds. The van der Waals surface area contributed by atoms with Crippen molar-refractivity contribution in [1.82, 2.24) is 4.90 Å². The van der Waals surface area contributed by atoms with E-state index in [0.717, 1.165) is 44.1 Å². The molecular weight excluding hydrogens is 324 g/mol. The summed E-state index contributed by atoms with van der Waals surface area (Å²) in [5, 5.41) is 0. The molecule has 3 rings (SSSR count). The van der Waals surface area contributed by atoms with E-state index in [1.165, 1.54) is 16.9 Å². The number of carbonyl (C=O) groups is 1. The molecule has 0 radical (unpaired) electrons. The summed E-state index contributed by atoms with van der Waals surface area (Å²) in [6.07, 6.45) is 0.799. The number of carbonyl (C=O) groups excluding carboxylic acids is 1. The first-order chi connectivity index (χ1) is 11.7. The van der Waals surface area contributed by atoms with Crippen molar-refractivity contribution in [3.63, 3.8) is 0 Å². The summed E-state index contributed by atoms with van der Waals surface area (Å²) in [5.41, 5.74) is 6.71. The number of morpholine rings is 1. The molecule has 0 unspecified atom stereocenters. The molecule has 2 aromatic rings. The van der Waals surface area contributed by atoms with Gasteiger partial charge in [-0.05, 0) is 11.6 Å². The predicted octanol–water partition coefficient (Wildman–Crippen LogP) is 2.30. The highest BCUT2D eigenvalue weighted by Crippen LogP contribution is 2.30. The molecule has 6 heteroatoms. The number of nitrogens with zero attached hydrogens (tertiary/aromatic N) is 1. The van der Waals surface area contributed by atoms with Gasteiger partial charge >= 0.3 is 0 Å². The summed E-state index contributed by atoms with van der Waals surface area (Å²) in [5.74, 6) is 0.176. The van der Waals surface area contributed by atoms with Crippen LogP contribution in [-0.2, 0) is 17.7 Å². The number of rotatable bonds is 7. The Labute approximate surface area is 146 Å². The highest BCUT2D eigenvalue weighted by atomic mass is 32.1. The van der Waals surface area contributed by atoms with Gasteiger partial charge in [-0.15, -0.1) is 11.3 Å². The molecule has 2 N–H and O–H groups in total. The van der Waals surface area contributed by atoms with Crippen LogP contribution < -0.4 is 10.5 Å². The van der Waals surface area contributed by atoms with Crippen molar-refractivity contribution >= 4 is 17.2 Å². The quantitative estimate of drug-likeness (QED) is 0.835. The third-order valence-electron chi connectivity index (χ3n) is 3.95. The van der Waals surface area contributed by atoms with Crippen LogP contribution in [0, 0.1) is 0 Å². The van der Waals surface area contributed by atoms with E-state index in [4.69, 9.17) is 15.2 Å². The van der Waals surface area contributed by atoms with Gasteiger partial charge in [0.05, 0.1) is 19.8 Å². The smallest absolute Gasteiger partial charge is 0.262 e. The van der Waals surface area contributed by atoms with Gasteiger partial charge < -0.3 is 15.2 Å². The van der Waals surface area contributed by atoms with Crippen LogP contribution in [0.5, 0.6) is 5.75 Å². The number of amides is 1. The summed E-state index contributed by atoms with van der Waals surface area (Å²) < 4.78 is 11.2. The van der Waals surface area contributed by atoms with Crippen LogP contribution in [-0.4, -0.2) is 43.7 Å². The first-order valence-corrected chi connectivity index (χ1v) is 8.93. The molecule has 1 fully saturated rings. The first-order valence-electron chi connectivity index (χ1n) is 8.12. The fourth-order valence-electron chi connectivity index (χ4n) is 2.68. The number of nitrogens with two attached hydrogens (primary N) is 1. The Morgan fingerprint density at radius 3 is 2.71 bits per heavy atom. The van der Waals surface area contributed by atoms with E-state index in [0.29, 0.717) is 17.2 Å². The van der Waals surface area contributed by atoms with Crippen molar-refractivity contribution in [2.75, 3.05) is 32.9 Å². The summed E-state index contributed by atoms with van der Waals surface area (Å²) in [7, 11) is 0. The van der Waals surface area contributed by atoms with E-state index in [-0.39, 0.29) is 0 Å². The lowest BCUT2D eigenvalue weighted by Crippen LogP contribution is -2.35. The summed E-state index contributed by atoms with van der Waals surface area (Å²) in [6.45, 7) is 4.67. The molecule has 0 atom stereocenters. The molecule has 1 saturated heterocycles. The molecule has 1 aromatic carbocycles. The third kappa shape index (κ3) is 4.56. The SMILES string of the molecule is NC(=O)c1sc(CN2CCOCC2)cc1OCCc1ccccc1. The molecule has 1 aromatic heterocycles. The van der Waals surface area contributed by atoms with Gasteiger partial charge in [-0.3, -0.25) is 9.69 Å². The Kier molecular flexibility index (Phi) is 5.85. The lowest BCUT2D eigenvalue weighted by Gasteiger charge is -2.25. The molecule has 1 aliphatic rings. The lowest BCUT2D eigenvalue weighted by atomic mass is 10.2. The fraction of sp³-hybridized carbons (Fsp3) is 0.389. The van der Waals surface area contributed by atoms with Gasteiger partial charge in [-0.1, -0.05) is 30.3 Å². The maximum absolute atomic E-state index is 11.7. The molecule has 0 spiro atoms. The van der Waals surface area contributed by atoms with E-state index in [2.05, 4.69) is 17.0 Å². The highest BCUT2D eigenvalue weighted by Gasteiger charge is 2.18. The topological polar surface area (TPSA) is 64.8 Å². The Morgan fingerprint density at radius 2 is 2.00 bits per heavy atom. The second-order valence-corrected chi connectivity index (χ2v) is 6.88. The average Bonchev–Trinajstić information content (AvgIpc) is 3.00. The Morgan fingerprint density at radius 1 is 1.25 bits per heavy atom.